The van der Waals surface area contributed by atoms with Gasteiger partial charge in [-0.3, -0.25) is 14.6 Å². The van der Waals surface area contributed by atoms with Gasteiger partial charge >= 0.3 is 0 Å². The largest absolute Gasteiger partial charge is 0.359 e. The molecule has 1 aromatic carbocycles. The molecule has 1 atom stereocenters. The van der Waals surface area contributed by atoms with E-state index in [9.17, 15) is 18.4 Å². The van der Waals surface area contributed by atoms with Crippen molar-refractivity contribution in [2.45, 2.75) is 44.6 Å². The van der Waals surface area contributed by atoms with Crippen molar-refractivity contribution >= 4 is 28.3 Å². The van der Waals surface area contributed by atoms with Gasteiger partial charge in [0, 0.05) is 49.5 Å². The fourth-order valence-electron chi connectivity index (χ4n) is 3.32. The molecule has 0 aliphatic heterocycles. The number of hydrogen-bond donors (Lipinski definition) is 2. The molecular weight excluding hydrogens is 364 g/mol. The Morgan fingerprint density at radius 3 is 2.79 bits per heavy atom. The summed E-state index contributed by atoms with van der Waals surface area (Å²) in [5.41, 5.74) is 2.76. The van der Waals surface area contributed by atoms with Crippen LogP contribution in [0.15, 0.2) is 36.5 Å². The van der Waals surface area contributed by atoms with E-state index in [2.05, 4.69) is 15.6 Å². The lowest BCUT2D eigenvalue weighted by atomic mass is 9.90. The number of alkyl halides is 2. The third-order valence-corrected chi connectivity index (χ3v) is 4.87. The average Bonchev–Trinajstić information content (AvgIpc) is 2.67. The number of fused-ring (bicyclic) bond motifs is 1. The van der Waals surface area contributed by atoms with E-state index in [1.54, 1.807) is 26.1 Å². The van der Waals surface area contributed by atoms with Gasteiger partial charge < -0.3 is 10.6 Å². The molecule has 0 radical (unpaired) electrons. The number of aromatic nitrogens is 1. The van der Waals surface area contributed by atoms with Gasteiger partial charge in [0.15, 0.2) is 0 Å². The van der Waals surface area contributed by atoms with Crippen molar-refractivity contribution in [3.63, 3.8) is 0 Å². The Balaban J connectivity index is 1.82. The lowest BCUT2D eigenvalue weighted by Gasteiger charge is -2.22. The maximum absolute atomic E-state index is 13.4. The summed E-state index contributed by atoms with van der Waals surface area (Å²) in [6.45, 7) is 1.76. The van der Waals surface area contributed by atoms with E-state index in [-0.39, 0.29) is 37.1 Å². The van der Waals surface area contributed by atoms with Crippen molar-refractivity contribution in [2.75, 3.05) is 7.05 Å². The van der Waals surface area contributed by atoms with E-state index in [1.165, 1.54) is 6.20 Å². The van der Waals surface area contributed by atoms with Gasteiger partial charge in [0.25, 0.3) is 11.8 Å². The molecule has 1 heterocycles. The van der Waals surface area contributed by atoms with Gasteiger partial charge in [-0.05, 0) is 25.0 Å². The van der Waals surface area contributed by atoms with E-state index >= 15 is 0 Å². The number of carbonyl (C=O) groups is 2. The highest BCUT2D eigenvalue weighted by Crippen LogP contribution is 2.37. The number of carbonyl (C=O) groups excluding carboxylic acids is 2. The number of rotatable bonds is 5. The minimum absolute atomic E-state index is 0.152. The first kappa shape index (κ1) is 19.9. The van der Waals surface area contributed by atoms with Gasteiger partial charge in [-0.15, -0.1) is 0 Å². The number of halogens is 2. The zero-order valence-corrected chi connectivity index (χ0v) is 15.9. The van der Waals surface area contributed by atoms with E-state index in [4.69, 9.17) is 0 Å². The highest BCUT2D eigenvalue weighted by molar-refractivity contribution is 5.99. The van der Waals surface area contributed by atoms with Gasteiger partial charge in [-0.25, -0.2) is 8.78 Å². The quantitative estimate of drug-likeness (QED) is 0.822. The Kier molecular flexibility index (Phi) is 5.72. The average molecular weight is 387 g/mol. The van der Waals surface area contributed by atoms with Crippen LogP contribution >= 0.6 is 0 Å². The number of allylic oxidation sites excluding steroid dienone is 2. The molecule has 1 aliphatic rings. The molecule has 7 heteroatoms. The van der Waals surface area contributed by atoms with Crippen LogP contribution in [0.1, 0.15) is 48.5 Å². The van der Waals surface area contributed by atoms with Crippen LogP contribution in [-0.2, 0) is 4.79 Å². The monoisotopic (exact) mass is 387 g/mol. The minimum Gasteiger partial charge on any atom is -0.359 e. The molecule has 2 aromatic rings. The predicted octanol–water partition coefficient (Wildman–Crippen LogP) is 3.69. The van der Waals surface area contributed by atoms with Crippen LogP contribution in [0.5, 0.6) is 0 Å². The number of hydrogen-bond acceptors (Lipinski definition) is 3. The molecule has 2 N–H and O–H groups in total. The molecule has 0 fully saturated rings. The number of amides is 2. The van der Waals surface area contributed by atoms with Crippen LogP contribution < -0.4 is 10.6 Å². The van der Waals surface area contributed by atoms with Crippen molar-refractivity contribution in [3.8, 4) is 0 Å². The Bertz CT molecular complexity index is 940. The summed E-state index contributed by atoms with van der Waals surface area (Å²) in [5.74, 6) is -3.11. The summed E-state index contributed by atoms with van der Waals surface area (Å²) in [5, 5.41) is 6.07. The molecule has 1 aromatic heterocycles. The molecule has 0 bridgehead atoms. The van der Waals surface area contributed by atoms with E-state index in [0.717, 1.165) is 16.5 Å². The molecule has 148 valence electrons. The van der Waals surface area contributed by atoms with Crippen molar-refractivity contribution < 1.29 is 18.4 Å². The first-order valence-corrected chi connectivity index (χ1v) is 9.26. The Morgan fingerprint density at radius 2 is 2.11 bits per heavy atom. The highest BCUT2D eigenvalue weighted by Gasteiger charge is 2.31. The number of pyridine rings is 1. The molecule has 0 saturated carbocycles. The van der Waals surface area contributed by atoms with Crippen molar-refractivity contribution in [1.29, 1.82) is 0 Å². The maximum Gasteiger partial charge on any atom is 0.253 e. The highest BCUT2D eigenvalue weighted by atomic mass is 19.3. The smallest absolute Gasteiger partial charge is 0.253 e. The van der Waals surface area contributed by atoms with Crippen LogP contribution in [0, 0.1) is 0 Å². The molecule has 28 heavy (non-hydrogen) atoms. The Labute approximate surface area is 162 Å². The Morgan fingerprint density at radius 1 is 1.32 bits per heavy atom. The number of nitrogens with one attached hydrogen (secondary N) is 2. The van der Waals surface area contributed by atoms with E-state index < -0.39 is 5.92 Å². The molecule has 5 nitrogen and oxygen atoms in total. The Hall–Kier alpha value is -2.83. The van der Waals surface area contributed by atoms with E-state index in [1.807, 2.05) is 18.2 Å². The second-order valence-electron chi connectivity index (χ2n) is 7.14. The van der Waals surface area contributed by atoms with Crippen molar-refractivity contribution in [3.05, 3.63) is 47.7 Å². The predicted molar refractivity (Wildman–Crippen MR) is 104 cm³/mol. The standard InChI is InChI=1S/C21H23F2N3O2/c1-13(10-18(27)24-2)26-20(28)16-11-15-4-3-5-17(19(15)25-12-16)14-6-8-21(22,23)9-7-14/h3-6,11-13H,7-10H2,1-2H3,(H,24,27)(H,26,28)/t13-/m1/s1. The summed E-state index contributed by atoms with van der Waals surface area (Å²) in [6.07, 6.45) is 3.12. The molecule has 3 rings (SSSR count). The summed E-state index contributed by atoms with van der Waals surface area (Å²) in [4.78, 5) is 28.3. The number of nitrogens with zero attached hydrogens (tertiary/aromatic N) is 1. The fourth-order valence-corrected chi connectivity index (χ4v) is 3.32. The lowest BCUT2D eigenvalue weighted by molar-refractivity contribution is -0.120. The van der Waals surface area contributed by atoms with Gasteiger partial charge in [0.05, 0.1) is 11.1 Å². The maximum atomic E-state index is 13.4. The van der Waals surface area contributed by atoms with Gasteiger partial charge in [0.1, 0.15) is 0 Å². The van der Waals surface area contributed by atoms with Crippen LogP contribution in [0.4, 0.5) is 8.78 Å². The topological polar surface area (TPSA) is 71.1 Å². The molecule has 0 saturated heterocycles. The molecular formula is C21H23F2N3O2. The molecule has 0 spiro atoms. The molecule has 1 aliphatic carbocycles. The van der Waals surface area contributed by atoms with Crippen molar-refractivity contribution in [1.82, 2.24) is 15.6 Å². The van der Waals surface area contributed by atoms with Gasteiger partial charge in [-0.1, -0.05) is 24.3 Å². The van der Waals surface area contributed by atoms with Gasteiger partial charge in [-0.2, -0.15) is 0 Å². The SMILES string of the molecule is CNC(=O)C[C@@H](C)NC(=O)c1cnc2c(C3=CCC(F)(F)CC3)cccc2c1. The lowest BCUT2D eigenvalue weighted by Crippen LogP contribution is -2.36. The third-order valence-electron chi connectivity index (χ3n) is 4.87. The number of benzene rings is 1. The fraction of sp³-hybridized carbons (Fsp3) is 0.381. The minimum atomic E-state index is -2.64. The number of para-hydroxylation sites is 1. The van der Waals surface area contributed by atoms with Crippen LogP contribution in [-0.4, -0.2) is 35.8 Å². The van der Waals surface area contributed by atoms with Crippen molar-refractivity contribution in [2.24, 2.45) is 0 Å². The normalized spacial score (nSPS) is 16.9. The summed E-state index contributed by atoms with van der Waals surface area (Å²) < 4.78 is 26.9. The summed E-state index contributed by atoms with van der Waals surface area (Å²) in [6, 6.07) is 6.96. The third kappa shape index (κ3) is 4.52. The first-order valence-electron chi connectivity index (χ1n) is 9.26. The molecule has 2 amide bonds. The zero-order chi connectivity index (χ0) is 20.3. The second kappa shape index (κ2) is 8.04. The summed E-state index contributed by atoms with van der Waals surface area (Å²) in [7, 11) is 1.55. The van der Waals surface area contributed by atoms with Crippen LogP contribution in [0.2, 0.25) is 0 Å². The zero-order valence-electron chi connectivity index (χ0n) is 15.9. The van der Waals surface area contributed by atoms with E-state index in [0.29, 0.717) is 17.5 Å². The first-order chi connectivity index (χ1) is 13.3. The molecule has 0 unspecified atom stereocenters. The van der Waals surface area contributed by atoms with Gasteiger partial charge in [0.2, 0.25) is 5.91 Å². The van der Waals surface area contributed by atoms with Crippen LogP contribution in [0.3, 0.4) is 0 Å². The second-order valence-corrected chi connectivity index (χ2v) is 7.14. The summed E-state index contributed by atoms with van der Waals surface area (Å²) >= 11 is 0. The van der Waals surface area contributed by atoms with Crippen LogP contribution in [0.25, 0.3) is 16.5 Å².